The van der Waals surface area contributed by atoms with Crippen LogP contribution in [-0.4, -0.2) is 34.2 Å². The van der Waals surface area contributed by atoms with Crippen LogP contribution in [0.15, 0.2) is 40.8 Å². The van der Waals surface area contributed by atoms with Gasteiger partial charge in [0, 0.05) is 11.3 Å². The predicted molar refractivity (Wildman–Crippen MR) is 112 cm³/mol. The van der Waals surface area contributed by atoms with E-state index in [1.807, 2.05) is 13.8 Å². The minimum Gasteiger partial charge on any atom is -0.441 e. The van der Waals surface area contributed by atoms with Gasteiger partial charge in [0.05, 0.1) is 26.9 Å². The van der Waals surface area contributed by atoms with Gasteiger partial charge in [0.2, 0.25) is 11.8 Å². The summed E-state index contributed by atoms with van der Waals surface area (Å²) in [4.78, 5) is 42.8. The van der Waals surface area contributed by atoms with E-state index in [0.29, 0.717) is 22.9 Å². The van der Waals surface area contributed by atoms with Crippen LogP contribution in [0.25, 0.3) is 11.5 Å². The van der Waals surface area contributed by atoms with Gasteiger partial charge in [0.25, 0.3) is 11.8 Å². The van der Waals surface area contributed by atoms with Crippen molar-refractivity contribution in [1.29, 1.82) is 0 Å². The molecule has 3 amide bonds. The van der Waals surface area contributed by atoms with Gasteiger partial charge in [-0.25, -0.2) is 4.98 Å². The monoisotopic (exact) mass is 443 g/mol. The normalized spacial score (nSPS) is 13.0. The lowest BCUT2D eigenvalue weighted by Gasteiger charge is -2.13. The Labute approximate surface area is 181 Å². The van der Waals surface area contributed by atoms with Gasteiger partial charge in [0.15, 0.2) is 0 Å². The number of fused-ring (bicyclic) bond motifs is 1. The summed E-state index contributed by atoms with van der Waals surface area (Å²) in [6.45, 7) is 3.22. The first-order chi connectivity index (χ1) is 14.2. The average molecular weight is 444 g/mol. The fourth-order valence-electron chi connectivity index (χ4n) is 3.10. The number of imide groups is 1. The van der Waals surface area contributed by atoms with Crippen molar-refractivity contribution in [2.24, 2.45) is 0 Å². The van der Waals surface area contributed by atoms with Gasteiger partial charge >= 0.3 is 0 Å². The molecule has 0 radical (unpaired) electrons. The van der Waals surface area contributed by atoms with E-state index >= 15 is 0 Å². The number of hydrogen-bond donors (Lipinski definition) is 1. The smallest absolute Gasteiger partial charge is 0.262 e. The van der Waals surface area contributed by atoms with E-state index in [2.05, 4.69) is 10.3 Å². The van der Waals surface area contributed by atoms with Crippen LogP contribution in [0.4, 0.5) is 5.69 Å². The lowest BCUT2D eigenvalue weighted by Crippen LogP contribution is -2.37. The second-order valence-corrected chi connectivity index (χ2v) is 7.61. The lowest BCUT2D eigenvalue weighted by atomic mass is 10.1. The highest BCUT2D eigenvalue weighted by molar-refractivity contribution is 6.43. The third-order valence-electron chi connectivity index (χ3n) is 4.74. The Balaban J connectivity index is 1.50. The summed E-state index contributed by atoms with van der Waals surface area (Å²) in [6.07, 6.45) is 0. The van der Waals surface area contributed by atoms with Crippen LogP contribution in [-0.2, 0) is 4.79 Å². The second-order valence-electron chi connectivity index (χ2n) is 6.80. The Bertz CT molecular complexity index is 1160. The summed E-state index contributed by atoms with van der Waals surface area (Å²) in [5, 5.41) is 3.01. The fraction of sp³-hybridized carbons (Fsp3) is 0.143. The standard InChI is InChI=1S/C21H15Cl2N3O4/c1-10-11(2)30-19(24-10)12-4-3-5-13(6-12)25-18(27)9-26-20(28)14-7-16(22)17(23)8-15(14)21(26)29/h3-8H,9H2,1-2H3,(H,25,27). The zero-order chi connectivity index (χ0) is 21.6. The molecule has 3 aromatic rings. The molecule has 0 bridgehead atoms. The molecule has 152 valence electrons. The zero-order valence-electron chi connectivity index (χ0n) is 16.0. The maximum Gasteiger partial charge on any atom is 0.262 e. The van der Waals surface area contributed by atoms with Gasteiger partial charge in [0.1, 0.15) is 12.3 Å². The van der Waals surface area contributed by atoms with E-state index in [9.17, 15) is 14.4 Å². The van der Waals surface area contributed by atoms with E-state index in [1.165, 1.54) is 12.1 Å². The van der Waals surface area contributed by atoms with E-state index in [0.717, 1.165) is 10.6 Å². The van der Waals surface area contributed by atoms with E-state index in [-0.39, 0.29) is 21.2 Å². The molecule has 0 atom stereocenters. The van der Waals surface area contributed by atoms with Crippen LogP contribution < -0.4 is 5.32 Å². The third-order valence-corrected chi connectivity index (χ3v) is 5.46. The van der Waals surface area contributed by atoms with Crippen molar-refractivity contribution in [3.05, 3.63) is 69.0 Å². The number of aromatic nitrogens is 1. The number of nitrogens with one attached hydrogen (secondary N) is 1. The van der Waals surface area contributed by atoms with Crippen molar-refractivity contribution in [2.75, 3.05) is 11.9 Å². The molecule has 1 aliphatic heterocycles. The van der Waals surface area contributed by atoms with Gasteiger partial charge in [-0.1, -0.05) is 29.3 Å². The number of carbonyl (C=O) groups excluding carboxylic acids is 3. The summed E-state index contributed by atoms with van der Waals surface area (Å²) < 4.78 is 5.61. The molecule has 0 spiro atoms. The van der Waals surface area contributed by atoms with Gasteiger partial charge in [-0.05, 0) is 44.2 Å². The van der Waals surface area contributed by atoms with Crippen molar-refractivity contribution in [3.63, 3.8) is 0 Å². The number of rotatable bonds is 4. The van der Waals surface area contributed by atoms with Crippen LogP contribution in [0.2, 0.25) is 10.0 Å². The third kappa shape index (κ3) is 3.58. The molecule has 1 aromatic heterocycles. The maximum atomic E-state index is 12.5. The number of nitrogens with zero attached hydrogens (tertiary/aromatic N) is 2. The number of halogens is 2. The number of aryl methyl sites for hydroxylation is 2. The second kappa shape index (κ2) is 7.59. The molecule has 7 nitrogen and oxygen atoms in total. The zero-order valence-corrected chi connectivity index (χ0v) is 17.5. The minimum absolute atomic E-state index is 0.124. The topological polar surface area (TPSA) is 92.5 Å². The SMILES string of the molecule is Cc1nc(-c2cccc(NC(=O)CN3C(=O)c4cc(Cl)c(Cl)cc4C3=O)c2)oc1C. The van der Waals surface area contributed by atoms with Gasteiger partial charge in [-0.15, -0.1) is 0 Å². The molecule has 30 heavy (non-hydrogen) atoms. The predicted octanol–water partition coefficient (Wildman–Crippen LogP) is 4.50. The Hall–Kier alpha value is -3.16. The van der Waals surface area contributed by atoms with E-state index < -0.39 is 24.3 Å². The molecule has 2 aromatic carbocycles. The lowest BCUT2D eigenvalue weighted by molar-refractivity contribution is -0.116. The summed E-state index contributed by atoms with van der Waals surface area (Å²) in [7, 11) is 0. The first-order valence-corrected chi connectivity index (χ1v) is 9.69. The molecule has 2 heterocycles. The Kier molecular flexibility index (Phi) is 5.09. The van der Waals surface area contributed by atoms with E-state index in [4.69, 9.17) is 27.6 Å². The van der Waals surface area contributed by atoms with Crippen molar-refractivity contribution < 1.29 is 18.8 Å². The van der Waals surface area contributed by atoms with Crippen molar-refractivity contribution in [1.82, 2.24) is 9.88 Å². The van der Waals surface area contributed by atoms with Crippen molar-refractivity contribution >= 4 is 46.6 Å². The number of benzene rings is 2. The number of anilines is 1. The maximum absolute atomic E-state index is 12.5. The first kappa shape index (κ1) is 20.1. The molecule has 0 aliphatic carbocycles. The summed E-state index contributed by atoms with van der Waals surface area (Å²) in [5.74, 6) is -0.564. The number of carbonyl (C=O) groups is 3. The van der Waals surface area contributed by atoms with E-state index in [1.54, 1.807) is 24.3 Å². The van der Waals surface area contributed by atoms with Crippen LogP contribution in [0.3, 0.4) is 0 Å². The Morgan fingerprint density at radius 3 is 2.27 bits per heavy atom. The van der Waals surface area contributed by atoms with Crippen LogP contribution in [0.1, 0.15) is 32.2 Å². The van der Waals surface area contributed by atoms with Gasteiger partial charge in [-0.3, -0.25) is 19.3 Å². The molecule has 0 saturated heterocycles. The summed E-state index contributed by atoms with van der Waals surface area (Å²) in [5.41, 5.74) is 2.20. The molecular weight excluding hydrogens is 429 g/mol. The fourth-order valence-corrected chi connectivity index (χ4v) is 3.42. The highest BCUT2D eigenvalue weighted by atomic mass is 35.5. The molecule has 4 rings (SSSR count). The molecular formula is C21H15Cl2N3O4. The van der Waals surface area contributed by atoms with Crippen molar-refractivity contribution in [2.45, 2.75) is 13.8 Å². The molecule has 0 unspecified atom stereocenters. The van der Waals surface area contributed by atoms with Crippen LogP contribution in [0, 0.1) is 13.8 Å². The molecule has 9 heteroatoms. The highest BCUT2D eigenvalue weighted by Crippen LogP contribution is 2.31. The quantitative estimate of drug-likeness (QED) is 0.599. The van der Waals surface area contributed by atoms with Gasteiger partial charge in [-0.2, -0.15) is 0 Å². The number of hydrogen-bond acceptors (Lipinski definition) is 5. The first-order valence-electron chi connectivity index (χ1n) is 8.94. The minimum atomic E-state index is -0.594. The molecule has 1 N–H and O–H groups in total. The van der Waals surface area contributed by atoms with Crippen molar-refractivity contribution in [3.8, 4) is 11.5 Å². The van der Waals surface area contributed by atoms with Crippen LogP contribution in [0.5, 0.6) is 0 Å². The Morgan fingerprint density at radius 2 is 1.70 bits per heavy atom. The Morgan fingerprint density at radius 1 is 1.07 bits per heavy atom. The van der Waals surface area contributed by atoms with Gasteiger partial charge < -0.3 is 9.73 Å². The molecule has 0 fully saturated rings. The number of amides is 3. The summed E-state index contributed by atoms with van der Waals surface area (Å²) in [6, 6.07) is 9.60. The molecule has 1 aliphatic rings. The number of oxazole rings is 1. The highest BCUT2D eigenvalue weighted by Gasteiger charge is 2.37. The largest absolute Gasteiger partial charge is 0.441 e. The summed E-state index contributed by atoms with van der Waals surface area (Å²) >= 11 is 11.9. The van der Waals surface area contributed by atoms with Crippen LogP contribution >= 0.6 is 23.2 Å². The average Bonchev–Trinajstić information content (AvgIpc) is 3.15. The molecule has 0 saturated carbocycles.